The minimum atomic E-state index is -0.505. The first kappa shape index (κ1) is 40.5. The minimum absolute atomic E-state index is 0.0190. The topological polar surface area (TPSA) is 124 Å². The molecule has 0 unspecified atom stereocenters. The summed E-state index contributed by atoms with van der Waals surface area (Å²) in [6, 6.07) is 25.8. The Hall–Kier alpha value is -6.68. The van der Waals surface area contributed by atoms with E-state index >= 15 is 0 Å². The van der Waals surface area contributed by atoms with Crippen LogP contribution in [0.3, 0.4) is 0 Å². The lowest BCUT2D eigenvalue weighted by Gasteiger charge is -2.09. The van der Waals surface area contributed by atoms with E-state index in [1.807, 2.05) is 72.8 Å². The molecule has 0 spiro atoms. The number of fused-ring (bicyclic) bond motifs is 3. The van der Waals surface area contributed by atoms with Crippen molar-refractivity contribution in [1.82, 2.24) is 0 Å². The highest BCUT2D eigenvalue weighted by Gasteiger charge is 2.27. The summed E-state index contributed by atoms with van der Waals surface area (Å²) in [5.41, 5.74) is 5.69. The Morgan fingerprint density at radius 1 is 0.518 bits per heavy atom. The van der Waals surface area contributed by atoms with Crippen molar-refractivity contribution in [2.75, 3.05) is 26.4 Å². The van der Waals surface area contributed by atoms with E-state index in [0.717, 1.165) is 58.4 Å². The molecular formula is C46H44O10. The number of unbranched alkanes of at least 4 members (excludes halogenated alkanes) is 2. The van der Waals surface area contributed by atoms with Crippen molar-refractivity contribution in [3.8, 4) is 34.1 Å². The number of hydrogen-bond acceptors (Lipinski definition) is 10. The van der Waals surface area contributed by atoms with E-state index in [2.05, 4.69) is 20.1 Å². The Bertz CT molecular complexity index is 1930. The SMILES string of the molecule is C=CC(=O)OCCCCOc1ccc(C=CC(=O)Oc2ccc3c(c2)C(C)c2cc(OC(=O)C=Cc4ccc(OCCCCOC(=O)C=C)cc4)ccc2-3)cc1. The molecule has 1 aliphatic rings. The highest BCUT2D eigenvalue weighted by atomic mass is 16.5. The van der Waals surface area contributed by atoms with Crippen molar-refractivity contribution < 1.29 is 47.6 Å². The molecule has 0 N–H and O–H groups in total. The van der Waals surface area contributed by atoms with Gasteiger partial charge in [-0.25, -0.2) is 19.2 Å². The largest absolute Gasteiger partial charge is 0.494 e. The quantitative estimate of drug-likeness (QED) is 0.0374. The molecule has 0 bridgehead atoms. The average Bonchev–Trinajstić information content (AvgIpc) is 3.49. The van der Waals surface area contributed by atoms with Crippen LogP contribution >= 0.6 is 0 Å². The van der Waals surface area contributed by atoms with Crippen molar-refractivity contribution >= 4 is 36.0 Å². The Morgan fingerprint density at radius 2 is 0.893 bits per heavy atom. The number of rotatable bonds is 20. The van der Waals surface area contributed by atoms with Gasteiger partial charge in [-0.1, -0.05) is 56.5 Å². The van der Waals surface area contributed by atoms with E-state index in [1.54, 1.807) is 24.3 Å². The van der Waals surface area contributed by atoms with E-state index in [-0.39, 0.29) is 5.92 Å². The van der Waals surface area contributed by atoms with Crippen LogP contribution in [0.1, 0.15) is 60.8 Å². The van der Waals surface area contributed by atoms with E-state index < -0.39 is 23.9 Å². The predicted octanol–water partition coefficient (Wildman–Crippen LogP) is 8.83. The van der Waals surface area contributed by atoms with E-state index in [0.29, 0.717) is 62.3 Å². The third kappa shape index (κ3) is 12.2. The van der Waals surface area contributed by atoms with Crippen molar-refractivity contribution in [1.29, 1.82) is 0 Å². The van der Waals surface area contributed by atoms with Gasteiger partial charge in [0, 0.05) is 30.2 Å². The molecule has 1 aliphatic carbocycles. The second-order valence-corrected chi connectivity index (χ2v) is 12.7. The van der Waals surface area contributed by atoms with Gasteiger partial charge in [-0.15, -0.1) is 0 Å². The van der Waals surface area contributed by atoms with Crippen LogP contribution in [-0.4, -0.2) is 50.3 Å². The molecule has 4 aromatic rings. The molecule has 288 valence electrons. The van der Waals surface area contributed by atoms with Gasteiger partial charge in [0.1, 0.15) is 23.0 Å². The third-order valence-corrected chi connectivity index (χ3v) is 8.73. The zero-order valence-corrected chi connectivity index (χ0v) is 31.3. The third-order valence-electron chi connectivity index (χ3n) is 8.73. The molecule has 56 heavy (non-hydrogen) atoms. The van der Waals surface area contributed by atoms with Crippen LogP contribution in [0.2, 0.25) is 0 Å². The van der Waals surface area contributed by atoms with Gasteiger partial charge in [-0.05, 0) is 120 Å². The first-order chi connectivity index (χ1) is 27.2. The van der Waals surface area contributed by atoms with Gasteiger partial charge in [0.2, 0.25) is 0 Å². The summed E-state index contributed by atoms with van der Waals surface area (Å²) in [4.78, 5) is 47.5. The standard InChI is InChI=1S/C46H44O10/c1-4-43(47)53-28-8-6-26-51-35-16-10-33(11-17-35)14-24-45(49)55-37-20-22-39-40-23-21-38(31-42(40)32(3)41(39)30-37)56-46(50)25-15-34-12-18-36(19-13-34)52-27-7-9-29-54-44(48)5-2/h4-5,10-25,30-32H,1-2,6-9,26-29H2,3H3. The maximum absolute atomic E-state index is 12.7. The number of benzene rings is 4. The van der Waals surface area contributed by atoms with Gasteiger partial charge >= 0.3 is 23.9 Å². The van der Waals surface area contributed by atoms with Crippen LogP contribution < -0.4 is 18.9 Å². The summed E-state index contributed by atoms with van der Waals surface area (Å²) >= 11 is 0. The second kappa shape index (κ2) is 20.7. The molecule has 0 radical (unpaired) electrons. The Balaban J connectivity index is 1.06. The average molecular weight is 757 g/mol. The molecule has 0 atom stereocenters. The van der Waals surface area contributed by atoms with Crippen molar-refractivity contribution in [3.05, 3.63) is 145 Å². The Labute approximate surface area is 326 Å². The zero-order chi connectivity index (χ0) is 39.7. The molecule has 4 aromatic carbocycles. The molecule has 0 saturated carbocycles. The minimum Gasteiger partial charge on any atom is -0.494 e. The zero-order valence-electron chi connectivity index (χ0n) is 31.3. The maximum Gasteiger partial charge on any atom is 0.336 e. The molecule has 0 saturated heterocycles. The predicted molar refractivity (Wildman–Crippen MR) is 213 cm³/mol. The lowest BCUT2D eigenvalue weighted by molar-refractivity contribution is -0.138. The fraction of sp³-hybridized carbons (Fsp3) is 0.217. The fourth-order valence-corrected chi connectivity index (χ4v) is 5.81. The lowest BCUT2D eigenvalue weighted by atomic mass is 9.99. The van der Waals surface area contributed by atoms with Crippen LogP contribution in [0.25, 0.3) is 23.3 Å². The highest BCUT2D eigenvalue weighted by molar-refractivity contribution is 5.90. The summed E-state index contributed by atoms with van der Waals surface area (Å²) in [6.45, 7) is 10.4. The molecule has 0 fully saturated rings. The van der Waals surface area contributed by atoms with Gasteiger partial charge < -0.3 is 28.4 Å². The van der Waals surface area contributed by atoms with Crippen LogP contribution in [0.4, 0.5) is 0 Å². The smallest absolute Gasteiger partial charge is 0.336 e. The Kier molecular flexibility index (Phi) is 15.0. The van der Waals surface area contributed by atoms with Gasteiger partial charge in [-0.3, -0.25) is 0 Å². The summed E-state index contributed by atoms with van der Waals surface area (Å²) < 4.78 is 32.6. The summed E-state index contributed by atoms with van der Waals surface area (Å²) in [5.74, 6) is 0.367. The summed E-state index contributed by atoms with van der Waals surface area (Å²) in [6.07, 6.45) is 11.2. The van der Waals surface area contributed by atoms with E-state index in [1.165, 1.54) is 12.2 Å². The van der Waals surface area contributed by atoms with Gasteiger partial charge in [0.05, 0.1) is 26.4 Å². The van der Waals surface area contributed by atoms with E-state index in [9.17, 15) is 19.2 Å². The molecule has 0 amide bonds. The van der Waals surface area contributed by atoms with Crippen molar-refractivity contribution in [2.24, 2.45) is 0 Å². The normalized spacial score (nSPS) is 12.7. The molecule has 5 rings (SSSR count). The molecule has 0 aromatic heterocycles. The van der Waals surface area contributed by atoms with Crippen molar-refractivity contribution in [2.45, 2.75) is 38.5 Å². The molecular weight excluding hydrogens is 712 g/mol. The van der Waals surface area contributed by atoms with Gasteiger partial charge in [-0.2, -0.15) is 0 Å². The van der Waals surface area contributed by atoms with E-state index in [4.69, 9.17) is 28.4 Å². The van der Waals surface area contributed by atoms with Gasteiger partial charge in [0.15, 0.2) is 0 Å². The highest BCUT2D eigenvalue weighted by Crippen LogP contribution is 2.47. The van der Waals surface area contributed by atoms with Crippen molar-refractivity contribution in [3.63, 3.8) is 0 Å². The number of ether oxygens (including phenoxy) is 6. The lowest BCUT2D eigenvalue weighted by Crippen LogP contribution is -2.04. The number of hydrogen-bond donors (Lipinski definition) is 0. The van der Waals surface area contributed by atoms with Gasteiger partial charge in [0.25, 0.3) is 0 Å². The number of carbonyl (C=O) groups excluding carboxylic acids is 4. The van der Waals surface area contributed by atoms with Crippen LogP contribution in [-0.2, 0) is 28.7 Å². The number of esters is 4. The number of carbonyl (C=O) groups is 4. The van der Waals surface area contributed by atoms with Crippen LogP contribution in [0.15, 0.2) is 122 Å². The first-order valence-electron chi connectivity index (χ1n) is 18.3. The first-order valence-corrected chi connectivity index (χ1v) is 18.3. The second-order valence-electron chi connectivity index (χ2n) is 12.7. The molecule has 10 heteroatoms. The molecule has 10 nitrogen and oxygen atoms in total. The van der Waals surface area contributed by atoms with Crippen LogP contribution in [0.5, 0.6) is 23.0 Å². The monoisotopic (exact) mass is 756 g/mol. The molecule has 0 aliphatic heterocycles. The van der Waals surface area contributed by atoms with Crippen LogP contribution in [0, 0.1) is 0 Å². The summed E-state index contributed by atoms with van der Waals surface area (Å²) in [5, 5.41) is 0. The molecule has 0 heterocycles. The fourth-order valence-electron chi connectivity index (χ4n) is 5.81. The Morgan fingerprint density at radius 3 is 1.29 bits per heavy atom. The summed E-state index contributed by atoms with van der Waals surface area (Å²) in [7, 11) is 0. The maximum atomic E-state index is 12.7.